The van der Waals surface area contributed by atoms with E-state index in [9.17, 15) is 9.59 Å². The first-order valence-corrected chi connectivity index (χ1v) is 9.81. The Labute approximate surface area is 170 Å². The molecule has 2 amide bonds. The van der Waals surface area contributed by atoms with Gasteiger partial charge >= 0.3 is 0 Å². The van der Waals surface area contributed by atoms with Crippen LogP contribution in [0, 0.1) is 0 Å². The van der Waals surface area contributed by atoms with Gasteiger partial charge in [-0.1, -0.05) is 18.2 Å². The zero-order valence-corrected chi connectivity index (χ0v) is 16.4. The van der Waals surface area contributed by atoms with Crippen molar-refractivity contribution in [2.45, 2.75) is 25.4 Å². The van der Waals surface area contributed by atoms with Gasteiger partial charge in [-0.05, 0) is 54.3 Å². The molecule has 1 fully saturated rings. The molecule has 0 atom stereocenters. The molecule has 2 aromatic carbocycles. The monoisotopic (exact) mass is 392 g/mol. The van der Waals surface area contributed by atoms with Gasteiger partial charge in [-0.3, -0.25) is 9.59 Å². The Balaban J connectivity index is 1.33. The third kappa shape index (κ3) is 4.96. The van der Waals surface area contributed by atoms with Gasteiger partial charge in [0.05, 0.1) is 0 Å². The smallest absolute Gasteiger partial charge is 0.251 e. The minimum absolute atomic E-state index is 0.0433. The summed E-state index contributed by atoms with van der Waals surface area (Å²) < 4.78 is 11.1. The highest BCUT2D eigenvalue weighted by molar-refractivity contribution is 5.95. The minimum Gasteiger partial charge on any atom is -0.486 e. The second-order valence-electron chi connectivity index (χ2n) is 7.38. The van der Waals surface area contributed by atoms with E-state index in [-0.39, 0.29) is 11.8 Å². The van der Waals surface area contributed by atoms with Gasteiger partial charge in [-0.25, -0.2) is 0 Å². The maximum Gasteiger partial charge on any atom is 0.251 e. The molecular formula is C23H24N2O4. The summed E-state index contributed by atoms with van der Waals surface area (Å²) in [4.78, 5) is 26.1. The van der Waals surface area contributed by atoms with Gasteiger partial charge in [0.25, 0.3) is 5.91 Å². The van der Waals surface area contributed by atoms with E-state index in [1.165, 1.54) is 6.08 Å². The third-order valence-electron chi connectivity index (χ3n) is 4.91. The molecule has 6 nitrogen and oxygen atoms in total. The maximum absolute atomic E-state index is 12.4. The zero-order valence-electron chi connectivity index (χ0n) is 16.4. The number of hydrogen-bond donors (Lipinski definition) is 1. The van der Waals surface area contributed by atoms with E-state index < -0.39 is 0 Å². The van der Waals surface area contributed by atoms with Gasteiger partial charge in [0.2, 0.25) is 5.91 Å². The van der Waals surface area contributed by atoms with Crippen molar-refractivity contribution >= 4 is 17.9 Å². The van der Waals surface area contributed by atoms with E-state index in [2.05, 4.69) is 5.32 Å². The highest BCUT2D eigenvalue weighted by atomic mass is 16.6. The number of fused-ring (bicyclic) bond motifs is 1. The Morgan fingerprint density at radius 3 is 2.52 bits per heavy atom. The molecule has 1 N–H and O–H groups in total. The number of carbonyl (C=O) groups is 2. The van der Waals surface area contributed by atoms with Crippen LogP contribution in [0.2, 0.25) is 0 Å². The van der Waals surface area contributed by atoms with Gasteiger partial charge in [0, 0.05) is 31.3 Å². The molecule has 29 heavy (non-hydrogen) atoms. The summed E-state index contributed by atoms with van der Waals surface area (Å²) in [5.41, 5.74) is 2.48. The summed E-state index contributed by atoms with van der Waals surface area (Å²) in [6.07, 6.45) is 5.42. The molecule has 150 valence electrons. The van der Waals surface area contributed by atoms with Gasteiger partial charge in [0.1, 0.15) is 13.2 Å². The Bertz CT molecular complexity index is 932. The molecule has 2 aliphatic rings. The van der Waals surface area contributed by atoms with Crippen LogP contribution in [0.4, 0.5) is 0 Å². The molecule has 2 aromatic rings. The molecule has 0 unspecified atom stereocenters. The number of carbonyl (C=O) groups excluding carboxylic acids is 2. The van der Waals surface area contributed by atoms with Crippen LogP contribution in [-0.2, 0) is 11.3 Å². The predicted octanol–water partition coefficient (Wildman–Crippen LogP) is 3.02. The topological polar surface area (TPSA) is 67.9 Å². The Hall–Kier alpha value is -3.28. The summed E-state index contributed by atoms with van der Waals surface area (Å²) in [6, 6.07) is 13.3. The lowest BCUT2D eigenvalue weighted by Crippen LogP contribution is -2.25. The Morgan fingerprint density at radius 2 is 1.79 bits per heavy atom. The number of nitrogens with one attached hydrogen (secondary N) is 1. The fourth-order valence-corrected chi connectivity index (χ4v) is 3.07. The van der Waals surface area contributed by atoms with E-state index in [4.69, 9.17) is 9.47 Å². The van der Waals surface area contributed by atoms with Crippen molar-refractivity contribution in [1.82, 2.24) is 10.2 Å². The first-order valence-electron chi connectivity index (χ1n) is 9.81. The number of ether oxygens (including phenoxy) is 2. The van der Waals surface area contributed by atoms with Crippen LogP contribution in [0.15, 0.2) is 48.5 Å². The lowest BCUT2D eigenvalue weighted by Gasteiger charge is -2.20. The molecule has 1 aliphatic heterocycles. The fourth-order valence-electron chi connectivity index (χ4n) is 3.07. The van der Waals surface area contributed by atoms with E-state index in [0.29, 0.717) is 31.4 Å². The first-order chi connectivity index (χ1) is 14.1. The van der Waals surface area contributed by atoms with E-state index in [0.717, 1.165) is 35.5 Å². The van der Waals surface area contributed by atoms with Crippen molar-refractivity contribution in [3.8, 4) is 11.5 Å². The SMILES string of the molecule is CN(Cc1ccc2c(c1)OCCO2)C(=O)/C=C/c1ccc(C(=O)NC2CC2)cc1. The highest BCUT2D eigenvalue weighted by Gasteiger charge is 2.23. The molecule has 0 aromatic heterocycles. The van der Waals surface area contributed by atoms with Crippen LogP contribution in [0.25, 0.3) is 6.08 Å². The molecule has 0 radical (unpaired) electrons. The second-order valence-corrected chi connectivity index (χ2v) is 7.38. The van der Waals surface area contributed by atoms with Gasteiger partial charge in [-0.2, -0.15) is 0 Å². The van der Waals surface area contributed by atoms with Crippen molar-refractivity contribution in [2.24, 2.45) is 0 Å². The van der Waals surface area contributed by atoms with Crippen molar-refractivity contribution in [3.63, 3.8) is 0 Å². The van der Waals surface area contributed by atoms with Crippen molar-refractivity contribution < 1.29 is 19.1 Å². The largest absolute Gasteiger partial charge is 0.486 e. The number of hydrogen-bond acceptors (Lipinski definition) is 4. The molecular weight excluding hydrogens is 368 g/mol. The molecule has 0 spiro atoms. The van der Waals surface area contributed by atoms with Crippen LogP contribution in [-0.4, -0.2) is 43.0 Å². The summed E-state index contributed by atoms with van der Waals surface area (Å²) >= 11 is 0. The molecule has 1 aliphatic carbocycles. The van der Waals surface area contributed by atoms with Crippen LogP contribution < -0.4 is 14.8 Å². The van der Waals surface area contributed by atoms with E-state index in [1.54, 1.807) is 30.2 Å². The first kappa shape index (κ1) is 19.1. The number of amides is 2. The van der Waals surface area contributed by atoms with Crippen molar-refractivity contribution in [1.29, 1.82) is 0 Å². The lowest BCUT2D eigenvalue weighted by molar-refractivity contribution is -0.125. The average molecular weight is 392 g/mol. The van der Waals surface area contributed by atoms with Crippen LogP contribution in [0.3, 0.4) is 0 Å². The van der Waals surface area contributed by atoms with Crippen LogP contribution in [0.5, 0.6) is 11.5 Å². The molecule has 1 saturated carbocycles. The standard InChI is InChI=1S/C23H24N2O4/c1-25(15-17-4-10-20-21(14-17)29-13-12-28-20)22(26)11-5-16-2-6-18(7-3-16)23(27)24-19-8-9-19/h2-7,10-11,14,19H,8-9,12-13,15H2,1H3,(H,24,27)/b11-5+. The minimum atomic E-state index is -0.101. The quantitative estimate of drug-likeness (QED) is 0.768. The fraction of sp³-hybridized carbons (Fsp3) is 0.304. The van der Waals surface area contributed by atoms with Crippen LogP contribution in [0.1, 0.15) is 34.3 Å². The summed E-state index contributed by atoms with van der Waals surface area (Å²) in [7, 11) is 1.76. The van der Waals surface area contributed by atoms with Gasteiger partial charge in [-0.15, -0.1) is 0 Å². The number of rotatable bonds is 6. The normalized spacial score (nSPS) is 15.2. The highest BCUT2D eigenvalue weighted by Crippen LogP contribution is 2.31. The predicted molar refractivity (Wildman–Crippen MR) is 110 cm³/mol. The van der Waals surface area contributed by atoms with Crippen molar-refractivity contribution in [3.05, 3.63) is 65.2 Å². The van der Waals surface area contributed by atoms with Gasteiger partial charge < -0.3 is 19.7 Å². The molecule has 4 rings (SSSR count). The summed E-state index contributed by atoms with van der Waals surface area (Å²) in [5, 5.41) is 2.96. The summed E-state index contributed by atoms with van der Waals surface area (Å²) in [6.45, 7) is 1.57. The number of nitrogens with zero attached hydrogens (tertiary/aromatic N) is 1. The lowest BCUT2D eigenvalue weighted by atomic mass is 10.1. The molecule has 1 heterocycles. The van der Waals surface area contributed by atoms with Gasteiger partial charge in [0.15, 0.2) is 11.5 Å². The maximum atomic E-state index is 12.4. The number of benzene rings is 2. The number of likely N-dealkylation sites (N-methyl/N-ethyl adjacent to an activating group) is 1. The molecule has 6 heteroatoms. The van der Waals surface area contributed by atoms with E-state index in [1.807, 2.05) is 30.3 Å². The zero-order chi connectivity index (χ0) is 20.2. The summed E-state index contributed by atoms with van der Waals surface area (Å²) in [5.74, 6) is 1.31. The Kier molecular flexibility index (Phi) is 5.51. The molecule has 0 saturated heterocycles. The molecule has 0 bridgehead atoms. The average Bonchev–Trinajstić information content (AvgIpc) is 3.56. The van der Waals surface area contributed by atoms with E-state index >= 15 is 0 Å². The Morgan fingerprint density at radius 1 is 1.07 bits per heavy atom. The third-order valence-corrected chi connectivity index (χ3v) is 4.91. The van der Waals surface area contributed by atoms with Crippen LogP contribution >= 0.6 is 0 Å². The second kappa shape index (κ2) is 8.39. The van der Waals surface area contributed by atoms with Crippen molar-refractivity contribution in [2.75, 3.05) is 20.3 Å².